The second-order valence-electron chi connectivity index (χ2n) is 4.68. The second-order valence-corrected chi connectivity index (χ2v) is 5.21. The first-order chi connectivity index (χ1) is 8.54. The lowest BCUT2D eigenvalue weighted by Crippen LogP contribution is -2.49. The maximum atomic E-state index is 11.7. The zero-order chi connectivity index (χ0) is 13.5. The van der Waals surface area contributed by atoms with Gasteiger partial charge in [0.05, 0.1) is 11.5 Å². The van der Waals surface area contributed by atoms with E-state index in [0.717, 1.165) is 25.7 Å². The first kappa shape index (κ1) is 14.9. The van der Waals surface area contributed by atoms with Crippen LogP contribution in [0.2, 0.25) is 0 Å². The van der Waals surface area contributed by atoms with E-state index in [1.54, 1.807) is 0 Å². The predicted octanol–water partition coefficient (Wildman–Crippen LogP) is 0.474. The highest BCUT2D eigenvalue weighted by Crippen LogP contribution is 2.26. The van der Waals surface area contributed by atoms with Gasteiger partial charge in [-0.05, 0) is 18.8 Å². The maximum absolute atomic E-state index is 11.7. The van der Waals surface area contributed by atoms with Gasteiger partial charge >= 0.3 is 11.8 Å². The smallest absolute Gasteiger partial charge is 0.309 e. The Bertz CT molecular complexity index is 333. The molecule has 4 N–H and O–H groups in total. The quantitative estimate of drug-likeness (QED) is 0.513. The molecular weight excluding hydrogens is 250 g/mol. The number of hydrogen-bond acceptors (Lipinski definition) is 3. The summed E-state index contributed by atoms with van der Waals surface area (Å²) in [4.78, 5) is 23.3. The Morgan fingerprint density at radius 3 is 2.56 bits per heavy atom. The standard InChI is InChI=1S/C12H21N3O2S/c1-2-8-5-3-4-6-9(8)15-12(17)11(16)14-7-10(13)18/h8-9H,2-7H2,1H3,(H2,13,18)(H,14,16)(H,15,17). The molecule has 102 valence electrons. The van der Waals surface area contributed by atoms with Gasteiger partial charge in [-0.2, -0.15) is 0 Å². The summed E-state index contributed by atoms with van der Waals surface area (Å²) >= 11 is 4.63. The van der Waals surface area contributed by atoms with Gasteiger partial charge in [0, 0.05) is 6.04 Å². The summed E-state index contributed by atoms with van der Waals surface area (Å²) in [5.74, 6) is -0.772. The molecule has 0 saturated heterocycles. The molecule has 2 unspecified atom stereocenters. The van der Waals surface area contributed by atoms with Crippen molar-refractivity contribution >= 4 is 29.0 Å². The van der Waals surface area contributed by atoms with Crippen molar-refractivity contribution in [1.29, 1.82) is 0 Å². The van der Waals surface area contributed by atoms with E-state index in [1.807, 2.05) is 0 Å². The van der Waals surface area contributed by atoms with Crippen LogP contribution in [0, 0.1) is 5.92 Å². The van der Waals surface area contributed by atoms with Crippen molar-refractivity contribution in [2.45, 2.75) is 45.1 Å². The molecule has 1 aliphatic carbocycles. The Morgan fingerprint density at radius 1 is 1.28 bits per heavy atom. The Labute approximate surface area is 113 Å². The molecule has 2 amide bonds. The summed E-state index contributed by atoms with van der Waals surface area (Å²) in [5.41, 5.74) is 5.25. The monoisotopic (exact) mass is 271 g/mol. The summed E-state index contributed by atoms with van der Waals surface area (Å²) in [6.07, 6.45) is 5.41. The van der Waals surface area contributed by atoms with Crippen molar-refractivity contribution in [2.75, 3.05) is 6.54 Å². The fourth-order valence-corrected chi connectivity index (χ4v) is 2.44. The predicted molar refractivity (Wildman–Crippen MR) is 74.0 cm³/mol. The summed E-state index contributed by atoms with van der Waals surface area (Å²) in [6.45, 7) is 2.17. The van der Waals surface area contributed by atoms with Crippen LogP contribution in [0.15, 0.2) is 0 Å². The molecule has 0 spiro atoms. The molecule has 1 aliphatic rings. The van der Waals surface area contributed by atoms with Gasteiger partial charge in [-0.3, -0.25) is 9.59 Å². The normalized spacial score (nSPS) is 23.2. The average molecular weight is 271 g/mol. The van der Waals surface area contributed by atoms with Crippen molar-refractivity contribution in [1.82, 2.24) is 10.6 Å². The Balaban J connectivity index is 2.42. The number of rotatable bonds is 4. The van der Waals surface area contributed by atoms with E-state index in [2.05, 4.69) is 29.8 Å². The van der Waals surface area contributed by atoms with Crippen LogP contribution >= 0.6 is 12.2 Å². The van der Waals surface area contributed by atoms with Gasteiger partial charge in [0.25, 0.3) is 0 Å². The van der Waals surface area contributed by atoms with Crippen LogP contribution in [-0.4, -0.2) is 29.4 Å². The second kappa shape index (κ2) is 7.31. The van der Waals surface area contributed by atoms with E-state index in [1.165, 1.54) is 6.42 Å². The van der Waals surface area contributed by atoms with Crippen LogP contribution < -0.4 is 16.4 Å². The van der Waals surface area contributed by atoms with Crippen LogP contribution in [0.5, 0.6) is 0 Å². The molecule has 0 heterocycles. The molecular formula is C12H21N3O2S. The Morgan fingerprint density at radius 2 is 1.94 bits per heavy atom. The van der Waals surface area contributed by atoms with Crippen LogP contribution in [0.3, 0.4) is 0 Å². The number of nitrogens with two attached hydrogens (primary N) is 1. The minimum absolute atomic E-state index is 0.0590. The van der Waals surface area contributed by atoms with Gasteiger partial charge in [-0.25, -0.2) is 0 Å². The van der Waals surface area contributed by atoms with Crippen molar-refractivity contribution in [2.24, 2.45) is 11.7 Å². The van der Waals surface area contributed by atoms with Crippen molar-refractivity contribution in [3.63, 3.8) is 0 Å². The molecule has 2 atom stereocenters. The number of amides is 2. The SMILES string of the molecule is CCC1CCCCC1NC(=O)C(=O)NCC(N)=S. The van der Waals surface area contributed by atoms with Crippen LogP contribution in [0.4, 0.5) is 0 Å². The molecule has 5 nitrogen and oxygen atoms in total. The minimum atomic E-state index is -0.664. The summed E-state index contributed by atoms with van der Waals surface area (Å²) in [7, 11) is 0. The van der Waals surface area contributed by atoms with Gasteiger partial charge in [0.1, 0.15) is 0 Å². The van der Waals surface area contributed by atoms with Crippen LogP contribution in [-0.2, 0) is 9.59 Å². The highest BCUT2D eigenvalue weighted by molar-refractivity contribution is 7.80. The number of thiocarbonyl (C=S) groups is 1. The van der Waals surface area contributed by atoms with Crippen molar-refractivity contribution in [3.05, 3.63) is 0 Å². The van der Waals surface area contributed by atoms with E-state index in [4.69, 9.17) is 5.73 Å². The van der Waals surface area contributed by atoms with Crippen LogP contribution in [0.25, 0.3) is 0 Å². The molecule has 0 aromatic heterocycles. The zero-order valence-electron chi connectivity index (χ0n) is 10.7. The first-order valence-electron chi connectivity index (χ1n) is 6.41. The number of carbonyl (C=O) groups excluding carboxylic acids is 2. The number of nitrogens with one attached hydrogen (secondary N) is 2. The molecule has 6 heteroatoms. The summed E-state index contributed by atoms with van der Waals surface area (Å²) in [6, 6.07) is 0.117. The molecule has 0 radical (unpaired) electrons. The van der Waals surface area contributed by atoms with Crippen molar-refractivity contribution < 1.29 is 9.59 Å². The Kier molecular flexibility index (Phi) is 6.04. The van der Waals surface area contributed by atoms with E-state index < -0.39 is 11.8 Å². The van der Waals surface area contributed by atoms with Crippen molar-refractivity contribution in [3.8, 4) is 0 Å². The maximum Gasteiger partial charge on any atom is 0.309 e. The summed E-state index contributed by atoms with van der Waals surface area (Å²) in [5, 5.41) is 5.20. The topological polar surface area (TPSA) is 84.2 Å². The van der Waals surface area contributed by atoms with E-state index in [0.29, 0.717) is 5.92 Å². The van der Waals surface area contributed by atoms with Gasteiger partial charge in [0.15, 0.2) is 0 Å². The highest BCUT2D eigenvalue weighted by atomic mass is 32.1. The van der Waals surface area contributed by atoms with Gasteiger partial charge in [-0.15, -0.1) is 0 Å². The highest BCUT2D eigenvalue weighted by Gasteiger charge is 2.26. The van der Waals surface area contributed by atoms with Gasteiger partial charge in [-0.1, -0.05) is 38.4 Å². The average Bonchev–Trinajstić information content (AvgIpc) is 2.36. The van der Waals surface area contributed by atoms with Crippen LogP contribution in [0.1, 0.15) is 39.0 Å². The number of hydrogen-bond donors (Lipinski definition) is 3. The third kappa shape index (κ3) is 4.60. The zero-order valence-corrected chi connectivity index (χ0v) is 11.5. The van der Waals surface area contributed by atoms with E-state index >= 15 is 0 Å². The Hall–Kier alpha value is -1.17. The fourth-order valence-electron chi connectivity index (χ4n) is 2.37. The molecule has 0 aromatic carbocycles. The number of carbonyl (C=O) groups is 2. The molecule has 0 aliphatic heterocycles. The third-order valence-electron chi connectivity index (χ3n) is 3.38. The lowest BCUT2D eigenvalue weighted by Gasteiger charge is -2.31. The first-order valence-corrected chi connectivity index (χ1v) is 6.82. The minimum Gasteiger partial charge on any atom is -0.392 e. The van der Waals surface area contributed by atoms with E-state index in [9.17, 15) is 9.59 Å². The molecule has 18 heavy (non-hydrogen) atoms. The fraction of sp³-hybridized carbons (Fsp3) is 0.750. The largest absolute Gasteiger partial charge is 0.392 e. The van der Waals surface area contributed by atoms with E-state index in [-0.39, 0.29) is 17.6 Å². The molecule has 1 fully saturated rings. The third-order valence-corrected chi connectivity index (χ3v) is 3.52. The van der Waals surface area contributed by atoms with Gasteiger partial charge in [0.2, 0.25) is 0 Å². The molecule has 0 bridgehead atoms. The lowest BCUT2D eigenvalue weighted by atomic mass is 9.83. The lowest BCUT2D eigenvalue weighted by molar-refractivity contribution is -0.139. The van der Waals surface area contributed by atoms with Gasteiger partial charge < -0.3 is 16.4 Å². The summed E-state index contributed by atoms with van der Waals surface area (Å²) < 4.78 is 0. The molecule has 1 saturated carbocycles. The molecule has 0 aromatic rings. The molecule has 1 rings (SSSR count).